The van der Waals surface area contributed by atoms with Crippen molar-refractivity contribution in [3.63, 3.8) is 0 Å². The number of nitrogens with zero attached hydrogens (tertiary/aromatic N) is 5. The molecule has 0 aliphatic rings. The van der Waals surface area contributed by atoms with Crippen LogP contribution in [0.2, 0.25) is 0 Å². The Bertz CT molecular complexity index is 3850. The number of fused-ring (bicyclic) bond motifs is 9. The number of para-hydroxylation sites is 3. The monoisotopic (exact) mass is 805 g/mol. The Morgan fingerprint density at radius 1 is 0.270 bits per heavy atom. The summed E-state index contributed by atoms with van der Waals surface area (Å²) in [6.45, 7) is 0. The standard InChI is InChI=1S/C57H35N5O/c1-3-14-36(15-4-1)37-26-28-39(29-27-37)56-58-55(38-16-5-2-6-17-38)59-57(60-56)40-18-13-19-41(32-40)62-51-33-42(61-49-23-10-7-20-43(49)44-21-8-11-24-50(44)61)30-31-45(51)47-34-48-46-22-9-12-25-53(46)63-54(48)35-52(47)62/h1-35H. The third-order valence-corrected chi connectivity index (χ3v) is 12.4. The van der Waals surface area contributed by atoms with Gasteiger partial charge in [-0.2, -0.15) is 0 Å². The van der Waals surface area contributed by atoms with E-state index in [0.29, 0.717) is 17.5 Å². The van der Waals surface area contributed by atoms with E-state index < -0.39 is 0 Å². The lowest BCUT2D eigenvalue weighted by molar-refractivity contribution is 0.669. The van der Waals surface area contributed by atoms with E-state index in [2.05, 4.69) is 173 Å². The summed E-state index contributed by atoms with van der Waals surface area (Å²) in [5.74, 6) is 1.83. The minimum atomic E-state index is 0.597. The van der Waals surface area contributed by atoms with Crippen molar-refractivity contribution < 1.29 is 4.42 Å². The fraction of sp³-hybridized carbons (Fsp3) is 0. The fourth-order valence-electron chi connectivity index (χ4n) is 9.42. The summed E-state index contributed by atoms with van der Waals surface area (Å²) in [4.78, 5) is 15.3. The van der Waals surface area contributed by atoms with Crippen LogP contribution in [0.15, 0.2) is 217 Å². The molecule has 0 aliphatic carbocycles. The van der Waals surface area contributed by atoms with Crippen LogP contribution < -0.4 is 0 Å². The molecule has 6 nitrogen and oxygen atoms in total. The molecule has 13 aromatic rings. The van der Waals surface area contributed by atoms with E-state index in [4.69, 9.17) is 19.4 Å². The Balaban J connectivity index is 1.03. The summed E-state index contributed by atoms with van der Waals surface area (Å²) in [5, 5.41) is 6.96. The number of aromatic nitrogens is 5. The van der Waals surface area contributed by atoms with Gasteiger partial charge >= 0.3 is 0 Å². The van der Waals surface area contributed by atoms with Crippen LogP contribution in [-0.2, 0) is 0 Å². The maximum atomic E-state index is 6.52. The van der Waals surface area contributed by atoms with Gasteiger partial charge in [0, 0.05) is 66.4 Å². The van der Waals surface area contributed by atoms with Crippen LogP contribution in [0.3, 0.4) is 0 Å². The zero-order valence-corrected chi connectivity index (χ0v) is 33.9. The van der Waals surface area contributed by atoms with Crippen molar-refractivity contribution in [2.45, 2.75) is 0 Å². The highest BCUT2D eigenvalue weighted by Gasteiger charge is 2.20. The van der Waals surface area contributed by atoms with Crippen molar-refractivity contribution in [1.82, 2.24) is 24.1 Å². The summed E-state index contributed by atoms with van der Waals surface area (Å²) in [6, 6.07) is 74.5. The third kappa shape index (κ3) is 5.69. The highest BCUT2D eigenvalue weighted by atomic mass is 16.3. The van der Waals surface area contributed by atoms with E-state index in [0.717, 1.165) is 82.9 Å². The molecule has 0 unspecified atom stereocenters. The smallest absolute Gasteiger partial charge is 0.164 e. The van der Waals surface area contributed by atoms with E-state index in [9.17, 15) is 0 Å². The molecule has 9 aromatic carbocycles. The normalized spacial score (nSPS) is 11.8. The Morgan fingerprint density at radius 2 is 0.762 bits per heavy atom. The van der Waals surface area contributed by atoms with Gasteiger partial charge in [-0.3, -0.25) is 0 Å². The molecule has 4 heterocycles. The molecule has 0 bridgehead atoms. The predicted octanol–water partition coefficient (Wildman–Crippen LogP) is 14.6. The van der Waals surface area contributed by atoms with Gasteiger partial charge in [-0.05, 0) is 59.7 Å². The van der Waals surface area contributed by atoms with Crippen molar-refractivity contribution in [3.05, 3.63) is 212 Å². The minimum Gasteiger partial charge on any atom is -0.456 e. The number of hydrogen-bond acceptors (Lipinski definition) is 4. The van der Waals surface area contributed by atoms with E-state index in [-0.39, 0.29) is 0 Å². The summed E-state index contributed by atoms with van der Waals surface area (Å²) >= 11 is 0. The number of hydrogen-bond donors (Lipinski definition) is 0. The highest BCUT2D eigenvalue weighted by Crippen LogP contribution is 2.41. The topological polar surface area (TPSA) is 61.7 Å². The van der Waals surface area contributed by atoms with Gasteiger partial charge in [0.2, 0.25) is 0 Å². The number of benzene rings is 9. The lowest BCUT2D eigenvalue weighted by Crippen LogP contribution is -2.01. The second kappa shape index (κ2) is 14.0. The molecule has 0 amide bonds. The quantitative estimate of drug-likeness (QED) is 0.168. The van der Waals surface area contributed by atoms with Crippen LogP contribution >= 0.6 is 0 Å². The molecule has 0 atom stereocenters. The van der Waals surface area contributed by atoms with Crippen molar-refractivity contribution in [2.24, 2.45) is 0 Å². The number of rotatable bonds is 6. The molecule has 0 saturated heterocycles. The second-order valence-corrected chi connectivity index (χ2v) is 16.0. The molecule has 13 rings (SSSR count). The van der Waals surface area contributed by atoms with Crippen molar-refractivity contribution in [3.8, 4) is 56.7 Å². The molecule has 294 valence electrons. The molecule has 0 aliphatic heterocycles. The average Bonchev–Trinajstić information content (AvgIpc) is 4.00. The molecule has 6 heteroatoms. The first-order valence-electron chi connectivity index (χ1n) is 21.2. The van der Waals surface area contributed by atoms with Crippen LogP contribution in [0.1, 0.15) is 0 Å². The van der Waals surface area contributed by atoms with Gasteiger partial charge in [-0.15, -0.1) is 0 Å². The van der Waals surface area contributed by atoms with Crippen LogP contribution in [0.4, 0.5) is 0 Å². The summed E-state index contributed by atoms with van der Waals surface area (Å²) in [5.41, 5.74) is 13.3. The van der Waals surface area contributed by atoms with Crippen molar-refractivity contribution >= 4 is 65.6 Å². The van der Waals surface area contributed by atoms with Crippen molar-refractivity contribution in [1.29, 1.82) is 0 Å². The highest BCUT2D eigenvalue weighted by molar-refractivity contribution is 6.18. The van der Waals surface area contributed by atoms with Crippen molar-refractivity contribution in [2.75, 3.05) is 0 Å². The first kappa shape index (κ1) is 35.2. The molecule has 0 spiro atoms. The minimum absolute atomic E-state index is 0.597. The van der Waals surface area contributed by atoms with Gasteiger partial charge in [0.15, 0.2) is 17.5 Å². The molecule has 0 saturated carbocycles. The Labute approximate surface area is 361 Å². The van der Waals surface area contributed by atoms with Crippen LogP contribution in [0.5, 0.6) is 0 Å². The van der Waals surface area contributed by atoms with E-state index >= 15 is 0 Å². The summed E-state index contributed by atoms with van der Waals surface area (Å²) < 4.78 is 11.3. The fourth-order valence-corrected chi connectivity index (χ4v) is 9.42. The first-order valence-corrected chi connectivity index (χ1v) is 21.2. The lowest BCUT2D eigenvalue weighted by atomic mass is 10.0. The SMILES string of the molecule is c1ccc(-c2ccc(-c3nc(-c4ccccc4)nc(-c4cccc(-n5c6cc(-n7c8ccccc8c8ccccc87)ccc6c6cc7c(cc65)oc5ccccc57)c4)n3)cc2)cc1. The maximum Gasteiger partial charge on any atom is 0.164 e. The largest absolute Gasteiger partial charge is 0.456 e. The Kier molecular flexibility index (Phi) is 7.80. The van der Waals surface area contributed by atoms with E-state index in [1.807, 2.05) is 48.5 Å². The number of furan rings is 1. The molecular weight excluding hydrogens is 771 g/mol. The zero-order chi connectivity index (χ0) is 41.4. The predicted molar refractivity (Wildman–Crippen MR) is 258 cm³/mol. The summed E-state index contributed by atoms with van der Waals surface area (Å²) in [7, 11) is 0. The first-order chi connectivity index (χ1) is 31.2. The van der Waals surface area contributed by atoms with Gasteiger partial charge in [0.25, 0.3) is 0 Å². The van der Waals surface area contributed by atoms with Crippen LogP contribution in [0.25, 0.3) is 122 Å². The lowest BCUT2D eigenvalue weighted by Gasteiger charge is -2.13. The molecule has 63 heavy (non-hydrogen) atoms. The molecule has 4 aromatic heterocycles. The molecular formula is C57H35N5O. The zero-order valence-electron chi connectivity index (χ0n) is 33.9. The molecule has 0 radical (unpaired) electrons. The molecule has 0 fully saturated rings. The van der Waals surface area contributed by atoms with Gasteiger partial charge < -0.3 is 13.6 Å². The average molecular weight is 806 g/mol. The summed E-state index contributed by atoms with van der Waals surface area (Å²) in [6.07, 6.45) is 0. The molecule has 0 N–H and O–H groups in total. The van der Waals surface area contributed by atoms with E-state index in [1.165, 1.54) is 21.8 Å². The second-order valence-electron chi connectivity index (χ2n) is 16.0. The van der Waals surface area contributed by atoms with Crippen LogP contribution in [0, 0.1) is 0 Å². The van der Waals surface area contributed by atoms with Gasteiger partial charge in [-0.1, -0.05) is 158 Å². The maximum absolute atomic E-state index is 6.52. The van der Waals surface area contributed by atoms with E-state index in [1.54, 1.807) is 0 Å². The Morgan fingerprint density at radius 3 is 1.48 bits per heavy atom. The van der Waals surface area contributed by atoms with Gasteiger partial charge in [-0.25, -0.2) is 15.0 Å². The Hall–Kier alpha value is -8.61. The van der Waals surface area contributed by atoms with Gasteiger partial charge in [0.1, 0.15) is 11.2 Å². The third-order valence-electron chi connectivity index (χ3n) is 12.4. The van der Waals surface area contributed by atoms with Gasteiger partial charge in [0.05, 0.1) is 22.1 Å². The van der Waals surface area contributed by atoms with Crippen LogP contribution in [-0.4, -0.2) is 24.1 Å².